The normalized spacial score (nSPS) is 29.7. The number of amides is 1. The smallest absolute Gasteiger partial charge is 0.243 e. The average molecular weight is 358 g/mol. The highest BCUT2D eigenvalue weighted by atomic mass is 16.5. The quantitative estimate of drug-likeness (QED) is 0.899. The van der Waals surface area contributed by atoms with Crippen molar-refractivity contribution in [1.82, 2.24) is 9.80 Å². The Bertz CT molecular complexity index is 623. The number of carbonyl (C=O) groups excluding carboxylic acids is 1. The van der Waals surface area contributed by atoms with Gasteiger partial charge >= 0.3 is 0 Å². The van der Waals surface area contributed by atoms with Crippen molar-refractivity contribution in [2.75, 3.05) is 39.4 Å². The van der Waals surface area contributed by atoms with E-state index in [1.54, 1.807) is 0 Å². The molecule has 1 aromatic carbocycles. The van der Waals surface area contributed by atoms with Crippen LogP contribution in [0.25, 0.3) is 0 Å². The summed E-state index contributed by atoms with van der Waals surface area (Å²) in [6, 6.07) is 9.79. The van der Waals surface area contributed by atoms with E-state index in [2.05, 4.69) is 4.90 Å². The summed E-state index contributed by atoms with van der Waals surface area (Å²) in [7, 11) is 0. The first-order chi connectivity index (χ1) is 12.6. The van der Waals surface area contributed by atoms with Crippen LogP contribution in [0.1, 0.15) is 44.1 Å². The van der Waals surface area contributed by atoms with E-state index < -0.39 is 5.60 Å². The fraction of sp³-hybridized carbons (Fsp3) is 0.667. The minimum atomic E-state index is -0.919. The maximum absolute atomic E-state index is 13.7. The topological polar surface area (TPSA) is 53.0 Å². The van der Waals surface area contributed by atoms with Crippen LogP contribution in [0.15, 0.2) is 30.3 Å². The summed E-state index contributed by atoms with van der Waals surface area (Å²) in [6.45, 7) is 4.13. The first kappa shape index (κ1) is 18.0. The molecular formula is C21H30N2O3. The molecule has 3 aliphatic rings. The van der Waals surface area contributed by atoms with E-state index in [-0.39, 0.29) is 11.4 Å². The second kappa shape index (κ2) is 7.29. The number of likely N-dealkylation sites (tertiary alicyclic amines) is 1. The van der Waals surface area contributed by atoms with Crippen molar-refractivity contribution in [3.8, 4) is 0 Å². The van der Waals surface area contributed by atoms with Crippen LogP contribution in [0.3, 0.4) is 0 Å². The van der Waals surface area contributed by atoms with E-state index in [4.69, 9.17) is 4.74 Å². The van der Waals surface area contributed by atoms with Gasteiger partial charge in [-0.2, -0.15) is 0 Å². The number of aliphatic hydroxyl groups is 1. The number of hydrogen-bond donors (Lipinski definition) is 1. The van der Waals surface area contributed by atoms with E-state index >= 15 is 0 Å². The summed E-state index contributed by atoms with van der Waals surface area (Å²) in [5.41, 5.74) is -0.388. The van der Waals surface area contributed by atoms with Gasteiger partial charge in [-0.1, -0.05) is 49.6 Å². The number of ether oxygens (including phenoxy) is 1. The molecule has 0 spiro atoms. The molecule has 2 aliphatic heterocycles. The Hall–Kier alpha value is -1.43. The van der Waals surface area contributed by atoms with Crippen LogP contribution in [0.5, 0.6) is 0 Å². The Morgan fingerprint density at radius 2 is 1.65 bits per heavy atom. The lowest BCUT2D eigenvalue weighted by Crippen LogP contribution is -2.62. The largest absolute Gasteiger partial charge is 0.383 e. The minimum absolute atomic E-state index is 0.228. The van der Waals surface area contributed by atoms with Crippen molar-refractivity contribution in [3.05, 3.63) is 35.9 Å². The number of nitrogens with zero attached hydrogens (tertiary/aromatic N) is 2. The van der Waals surface area contributed by atoms with Crippen LogP contribution in [-0.2, 0) is 15.1 Å². The van der Waals surface area contributed by atoms with Gasteiger partial charge in [0.15, 0.2) is 0 Å². The lowest BCUT2D eigenvalue weighted by Gasteiger charge is -2.48. The van der Waals surface area contributed by atoms with Gasteiger partial charge in [0.2, 0.25) is 5.91 Å². The third-order valence-corrected chi connectivity index (χ3v) is 6.54. The summed E-state index contributed by atoms with van der Waals surface area (Å²) >= 11 is 0. The number of morpholine rings is 1. The third kappa shape index (κ3) is 3.17. The molecule has 4 rings (SSSR count). The minimum Gasteiger partial charge on any atom is -0.383 e. The summed E-state index contributed by atoms with van der Waals surface area (Å²) in [6.07, 6.45) is 5.92. The number of rotatable bonds is 3. The van der Waals surface area contributed by atoms with Gasteiger partial charge in [0.1, 0.15) is 11.1 Å². The predicted octanol–water partition coefficient (Wildman–Crippen LogP) is 2.14. The van der Waals surface area contributed by atoms with Gasteiger partial charge in [-0.15, -0.1) is 0 Å². The summed E-state index contributed by atoms with van der Waals surface area (Å²) in [4.78, 5) is 18.0. The van der Waals surface area contributed by atoms with Gasteiger partial charge in [-0.25, -0.2) is 0 Å². The first-order valence-electron chi connectivity index (χ1n) is 10.0. The lowest BCUT2D eigenvalue weighted by atomic mass is 9.78. The zero-order valence-corrected chi connectivity index (χ0v) is 15.5. The molecule has 1 aromatic rings. The van der Waals surface area contributed by atoms with Gasteiger partial charge in [-0.05, 0) is 24.8 Å². The van der Waals surface area contributed by atoms with Crippen LogP contribution in [0.2, 0.25) is 0 Å². The molecule has 26 heavy (non-hydrogen) atoms. The summed E-state index contributed by atoms with van der Waals surface area (Å²) in [5.74, 6) is 0.228. The Kier molecular flexibility index (Phi) is 5.04. The summed E-state index contributed by atoms with van der Waals surface area (Å²) in [5, 5.41) is 11.1. The van der Waals surface area contributed by atoms with E-state index in [1.165, 1.54) is 6.42 Å². The second-order valence-corrected chi connectivity index (χ2v) is 8.07. The standard InChI is InChI=1S/C21H30N2O3/c24-19(20(9-5-2-6-10-20)23-13-15-26-16-14-23)22-12-11-21(25,17-22)18-7-3-1-4-8-18/h1,3-4,7-8,25H,2,5-6,9-17H2/t21-/m1/s1. The van der Waals surface area contributed by atoms with Crippen LogP contribution in [0.4, 0.5) is 0 Å². The monoisotopic (exact) mass is 358 g/mol. The molecular weight excluding hydrogens is 328 g/mol. The molecule has 5 nitrogen and oxygen atoms in total. The van der Waals surface area contributed by atoms with Crippen LogP contribution in [0, 0.1) is 0 Å². The molecule has 1 N–H and O–H groups in total. The predicted molar refractivity (Wildman–Crippen MR) is 99.7 cm³/mol. The maximum atomic E-state index is 13.7. The van der Waals surface area contributed by atoms with Crippen LogP contribution in [-0.4, -0.2) is 65.7 Å². The molecule has 1 atom stereocenters. The first-order valence-corrected chi connectivity index (χ1v) is 10.0. The van der Waals surface area contributed by atoms with E-state index in [1.807, 2.05) is 35.2 Å². The number of β-amino-alcohol motifs (C(OH)–C–C–N with tert-alkyl or cyclic N) is 1. The van der Waals surface area contributed by atoms with E-state index in [0.29, 0.717) is 32.7 Å². The number of hydrogen-bond acceptors (Lipinski definition) is 4. The van der Waals surface area contributed by atoms with Crippen molar-refractivity contribution in [1.29, 1.82) is 0 Å². The molecule has 3 fully saturated rings. The average Bonchev–Trinajstić information content (AvgIpc) is 3.13. The molecule has 5 heteroatoms. The molecule has 2 heterocycles. The van der Waals surface area contributed by atoms with Crippen LogP contribution >= 0.6 is 0 Å². The molecule has 1 saturated carbocycles. The molecule has 0 bridgehead atoms. The van der Waals surface area contributed by atoms with E-state index in [0.717, 1.165) is 44.3 Å². The Balaban J connectivity index is 1.55. The number of carbonyl (C=O) groups is 1. The molecule has 0 unspecified atom stereocenters. The van der Waals surface area contributed by atoms with Gasteiger partial charge < -0.3 is 14.7 Å². The van der Waals surface area contributed by atoms with Gasteiger partial charge in [0.05, 0.1) is 19.8 Å². The molecule has 0 radical (unpaired) electrons. The molecule has 0 aromatic heterocycles. The summed E-state index contributed by atoms with van der Waals surface area (Å²) < 4.78 is 5.53. The maximum Gasteiger partial charge on any atom is 0.243 e. The molecule has 142 valence electrons. The Labute approximate surface area is 155 Å². The van der Waals surface area contributed by atoms with E-state index in [9.17, 15) is 9.90 Å². The second-order valence-electron chi connectivity index (χ2n) is 8.07. The highest BCUT2D eigenvalue weighted by molar-refractivity contribution is 5.87. The zero-order valence-electron chi connectivity index (χ0n) is 15.5. The zero-order chi connectivity index (χ0) is 18.0. The fourth-order valence-electron chi connectivity index (χ4n) is 5.04. The van der Waals surface area contributed by atoms with Crippen molar-refractivity contribution < 1.29 is 14.6 Å². The molecule has 2 saturated heterocycles. The fourth-order valence-corrected chi connectivity index (χ4v) is 5.04. The SMILES string of the molecule is O=C(N1CC[C@](O)(c2ccccc2)C1)C1(N2CCOCC2)CCCCC1. The van der Waals surface area contributed by atoms with Crippen molar-refractivity contribution in [3.63, 3.8) is 0 Å². The lowest BCUT2D eigenvalue weighted by molar-refractivity contribution is -0.151. The van der Waals surface area contributed by atoms with Crippen LogP contribution < -0.4 is 0 Å². The van der Waals surface area contributed by atoms with Gasteiger partial charge in [-0.3, -0.25) is 9.69 Å². The number of benzene rings is 1. The highest BCUT2D eigenvalue weighted by Crippen LogP contribution is 2.39. The van der Waals surface area contributed by atoms with Crippen molar-refractivity contribution in [2.24, 2.45) is 0 Å². The van der Waals surface area contributed by atoms with Gasteiger partial charge in [0, 0.05) is 19.6 Å². The molecule has 1 amide bonds. The Morgan fingerprint density at radius 3 is 2.35 bits per heavy atom. The highest BCUT2D eigenvalue weighted by Gasteiger charge is 2.50. The van der Waals surface area contributed by atoms with Gasteiger partial charge in [0.25, 0.3) is 0 Å². The molecule has 1 aliphatic carbocycles. The Morgan fingerprint density at radius 1 is 0.962 bits per heavy atom. The van der Waals surface area contributed by atoms with Crippen molar-refractivity contribution in [2.45, 2.75) is 49.7 Å². The van der Waals surface area contributed by atoms with Crippen molar-refractivity contribution >= 4 is 5.91 Å². The third-order valence-electron chi connectivity index (χ3n) is 6.54.